The number of hydrogen-bond donors (Lipinski definition) is 1. The lowest BCUT2D eigenvalue weighted by atomic mass is 10.1. The molecule has 2 aromatic carbocycles. The summed E-state index contributed by atoms with van der Waals surface area (Å²) < 4.78 is 2.78. The van der Waals surface area contributed by atoms with Crippen molar-refractivity contribution in [3.8, 4) is 22.5 Å². The second-order valence-corrected chi connectivity index (χ2v) is 7.65. The lowest BCUT2D eigenvalue weighted by Crippen LogP contribution is -2.11. The quantitative estimate of drug-likeness (QED) is 0.493. The molecule has 3 heterocycles. The number of hydrogen-bond acceptors (Lipinski definition) is 4. The van der Waals surface area contributed by atoms with Crippen LogP contribution in [0.4, 0.5) is 0 Å². The molecule has 27 heavy (non-hydrogen) atoms. The fraction of sp³-hybridized carbons (Fsp3) is 0.0952. The van der Waals surface area contributed by atoms with Gasteiger partial charge in [0.15, 0.2) is 4.96 Å². The summed E-state index contributed by atoms with van der Waals surface area (Å²) in [4.78, 5) is 18.0. The van der Waals surface area contributed by atoms with Crippen molar-refractivity contribution in [3.63, 3.8) is 0 Å². The topological polar surface area (TPSA) is 63.0 Å². The summed E-state index contributed by atoms with van der Waals surface area (Å²) >= 11 is 1.49. The summed E-state index contributed by atoms with van der Waals surface area (Å²) in [6, 6.07) is 16.4. The van der Waals surface area contributed by atoms with E-state index in [-0.39, 0.29) is 5.56 Å². The van der Waals surface area contributed by atoms with Crippen LogP contribution in [0, 0.1) is 13.8 Å². The lowest BCUT2D eigenvalue weighted by molar-refractivity contribution is 1.01. The molecule has 0 radical (unpaired) electrons. The number of rotatable bonds is 2. The molecule has 0 aliphatic carbocycles. The van der Waals surface area contributed by atoms with Gasteiger partial charge in [0.1, 0.15) is 11.2 Å². The second kappa shape index (κ2) is 5.89. The number of aromatic amines is 1. The number of thiazole rings is 1. The number of fused-ring (bicyclic) bond motifs is 3. The predicted octanol–water partition coefficient (Wildman–Crippen LogP) is 4.58. The number of H-pyrrole nitrogens is 1. The van der Waals surface area contributed by atoms with E-state index in [1.807, 2.05) is 41.8 Å². The average molecular weight is 372 g/mol. The molecule has 1 N–H and O–H groups in total. The SMILES string of the molecule is Cc1ccc(-c2n[nH]c(=O)c3c2sc2ncc(-c4ccc(C)cc4)n23)cc1. The highest BCUT2D eigenvalue weighted by Gasteiger charge is 2.19. The van der Waals surface area contributed by atoms with Gasteiger partial charge in [-0.3, -0.25) is 9.20 Å². The zero-order valence-corrected chi connectivity index (χ0v) is 15.7. The van der Waals surface area contributed by atoms with E-state index in [2.05, 4.69) is 46.4 Å². The smallest absolute Gasteiger partial charge is 0.278 e. The van der Waals surface area contributed by atoms with E-state index in [0.717, 1.165) is 32.2 Å². The van der Waals surface area contributed by atoms with Crippen molar-refractivity contribution in [2.75, 3.05) is 0 Å². The molecule has 5 nitrogen and oxygen atoms in total. The van der Waals surface area contributed by atoms with Crippen molar-refractivity contribution in [1.82, 2.24) is 19.6 Å². The van der Waals surface area contributed by atoms with E-state index < -0.39 is 0 Å². The van der Waals surface area contributed by atoms with Gasteiger partial charge in [0.05, 0.1) is 16.6 Å². The van der Waals surface area contributed by atoms with Gasteiger partial charge in [-0.05, 0) is 13.8 Å². The first-order valence-electron chi connectivity index (χ1n) is 8.64. The molecule has 0 fully saturated rings. The van der Waals surface area contributed by atoms with Crippen LogP contribution in [-0.4, -0.2) is 19.6 Å². The molecule has 5 aromatic rings. The molecular weight excluding hydrogens is 356 g/mol. The van der Waals surface area contributed by atoms with Gasteiger partial charge in [-0.2, -0.15) is 5.10 Å². The van der Waals surface area contributed by atoms with E-state index in [4.69, 9.17) is 0 Å². The second-order valence-electron chi connectivity index (χ2n) is 6.67. The van der Waals surface area contributed by atoms with Crippen molar-refractivity contribution in [2.45, 2.75) is 13.8 Å². The molecule has 6 heteroatoms. The Morgan fingerprint density at radius 1 is 0.926 bits per heavy atom. The van der Waals surface area contributed by atoms with E-state index in [1.165, 1.54) is 22.5 Å². The van der Waals surface area contributed by atoms with Crippen molar-refractivity contribution in [3.05, 3.63) is 76.2 Å². The molecule has 132 valence electrons. The molecule has 0 amide bonds. The maximum absolute atomic E-state index is 12.7. The molecule has 0 saturated heterocycles. The van der Waals surface area contributed by atoms with Gasteiger partial charge in [0.25, 0.3) is 5.56 Å². The molecule has 0 aliphatic heterocycles. The highest BCUT2D eigenvalue weighted by Crippen LogP contribution is 2.34. The zero-order valence-electron chi connectivity index (χ0n) is 14.9. The Bertz CT molecular complexity index is 1300. The monoisotopic (exact) mass is 372 g/mol. The zero-order chi connectivity index (χ0) is 18.5. The van der Waals surface area contributed by atoms with Gasteiger partial charge in [0, 0.05) is 11.1 Å². The Morgan fingerprint density at radius 3 is 2.22 bits per heavy atom. The third kappa shape index (κ3) is 2.49. The molecule has 0 aliphatic rings. The average Bonchev–Trinajstić information content (AvgIpc) is 3.23. The number of aryl methyl sites for hydroxylation is 2. The van der Waals surface area contributed by atoms with Crippen molar-refractivity contribution in [2.24, 2.45) is 0 Å². The maximum Gasteiger partial charge on any atom is 0.290 e. The molecule has 0 saturated carbocycles. The van der Waals surface area contributed by atoms with Gasteiger partial charge in [-0.1, -0.05) is 71.0 Å². The number of benzene rings is 2. The normalized spacial score (nSPS) is 11.5. The number of nitrogens with one attached hydrogen (secondary N) is 1. The van der Waals surface area contributed by atoms with Crippen LogP contribution in [0.25, 0.3) is 37.7 Å². The molecule has 0 unspecified atom stereocenters. The summed E-state index contributed by atoms with van der Waals surface area (Å²) in [6.07, 6.45) is 1.82. The minimum Gasteiger partial charge on any atom is -0.278 e. The van der Waals surface area contributed by atoms with Crippen LogP contribution in [-0.2, 0) is 0 Å². The number of imidazole rings is 1. The Labute approximate surface area is 159 Å². The lowest BCUT2D eigenvalue weighted by Gasteiger charge is -2.04. The van der Waals surface area contributed by atoms with E-state index in [0.29, 0.717) is 5.52 Å². The third-order valence-electron chi connectivity index (χ3n) is 4.73. The van der Waals surface area contributed by atoms with E-state index in [1.54, 1.807) is 0 Å². The van der Waals surface area contributed by atoms with Crippen molar-refractivity contribution < 1.29 is 0 Å². The fourth-order valence-corrected chi connectivity index (χ4v) is 4.38. The highest BCUT2D eigenvalue weighted by atomic mass is 32.1. The Hall–Kier alpha value is -3.25. The van der Waals surface area contributed by atoms with Gasteiger partial charge < -0.3 is 0 Å². The van der Waals surface area contributed by atoms with E-state index >= 15 is 0 Å². The van der Waals surface area contributed by atoms with Crippen LogP contribution < -0.4 is 5.56 Å². The number of aromatic nitrogens is 4. The Balaban J connectivity index is 1.83. The Morgan fingerprint density at radius 2 is 1.56 bits per heavy atom. The predicted molar refractivity (Wildman–Crippen MR) is 109 cm³/mol. The minimum atomic E-state index is -0.210. The molecular formula is C21H16N4OS. The molecule has 0 spiro atoms. The summed E-state index contributed by atoms with van der Waals surface area (Å²) in [5.41, 5.74) is 6.44. The van der Waals surface area contributed by atoms with Gasteiger partial charge in [0.2, 0.25) is 0 Å². The summed E-state index contributed by atoms with van der Waals surface area (Å²) in [5, 5.41) is 6.99. The number of nitrogens with zero attached hydrogens (tertiary/aromatic N) is 3. The first-order chi connectivity index (χ1) is 13.1. The standard InChI is InChI=1S/C21H16N4OS/c1-12-3-7-14(8-4-12)16-11-22-21-25(16)18-19(27-21)17(23-24-20(18)26)15-9-5-13(2)6-10-15/h3-11H,1-2H3,(H,24,26). The third-order valence-corrected chi connectivity index (χ3v) is 5.79. The summed E-state index contributed by atoms with van der Waals surface area (Å²) in [6.45, 7) is 4.10. The van der Waals surface area contributed by atoms with Crippen molar-refractivity contribution in [1.29, 1.82) is 0 Å². The largest absolute Gasteiger partial charge is 0.290 e. The molecule has 5 rings (SSSR count). The van der Waals surface area contributed by atoms with Crippen LogP contribution in [0.5, 0.6) is 0 Å². The van der Waals surface area contributed by atoms with Crippen LogP contribution in [0.3, 0.4) is 0 Å². The van der Waals surface area contributed by atoms with E-state index in [9.17, 15) is 4.79 Å². The Kier molecular flexibility index (Phi) is 3.48. The van der Waals surface area contributed by atoms with Gasteiger partial charge in [-0.15, -0.1) is 0 Å². The highest BCUT2D eigenvalue weighted by molar-refractivity contribution is 7.24. The minimum absolute atomic E-state index is 0.210. The molecule has 0 bridgehead atoms. The molecule has 0 atom stereocenters. The van der Waals surface area contributed by atoms with Crippen molar-refractivity contribution >= 4 is 26.5 Å². The first-order valence-corrected chi connectivity index (χ1v) is 9.46. The van der Waals surface area contributed by atoms with Gasteiger partial charge >= 0.3 is 0 Å². The van der Waals surface area contributed by atoms with Crippen LogP contribution in [0.1, 0.15) is 11.1 Å². The van der Waals surface area contributed by atoms with Crippen LogP contribution in [0.15, 0.2) is 59.5 Å². The van der Waals surface area contributed by atoms with Gasteiger partial charge in [-0.25, -0.2) is 10.1 Å². The fourth-order valence-electron chi connectivity index (χ4n) is 3.27. The maximum atomic E-state index is 12.7. The molecule has 3 aromatic heterocycles. The summed E-state index contributed by atoms with van der Waals surface area (Å²) in [7, 11) is 0. The van der Waals surface area contributed by atoms with Crippen LogP contribution >= 0.6 is 11.3 Å². The summed E-state index contributed by atoms with van der Waals surface area (Å²) in [5.74, 6) is 0. The first kappa shape index (κ1) is 16.0. The van der Waals surface area contributed by atoms with Crippen LogP contribution in [0.2, 0.25) is 0 Å².